The van der Waals surface area contributed by atoms with E-state index in [-0.39, 0.29) is 0 Å². The van der Waals surface area contributed by atoms with Gasteiger partial charge < -0.3 is 9.13 Å². The summed E-state index contributed by atoms with van der Waals surface area (Å²) in [6.45, 7) is 0. The van der Waals surface area contributed by atoms with Crippen molar-refractivity contribution >= 4 is 107 Å². The van der Waals surface area contributed by atoms with Crippen molar-refractivity contribution in [3.05, 3.63) is 188 Å². The van der Waals surface area contributed by atoms with Gasteiger partial charge in [-0.3, -0.25) is 4.98 Å². The molecule has 0 fully saturated rings. The molecule has 0 saturated heterocycles. The molecule has 0 radical (unpaired) electrons. The molecule has 58 heavy (non-hydrogen) atoms. The van der Waals surface area contributed by atoms with E-state index in [9.17, 15) is 0 Å². The van der Waals surface area contributed by atoms with Crippen LogP contribution in [0, 0.1) is 0 Å². The van der Waals surface area contributed by atoms with Crippen molar-refractivity contribution in [1.82, 2.24) is 14.1 Å². The van der Waals surface area contributed by atoms with Gasteiger partial charge in [0, 0.05) is 85.0 Å². The minimum absolute atomic E-state index is 0.946. The third-order valence-electron chi connectivity index (χ3n) is 12.0. The lowest BCUT2D eigenvalue weighted by Gasteiger charge is -2.12. The molecule has 13 aromatic rings. The summed E-state index contributed by atoms with van der Waals surface area (Å²) in [6, 6.07) is 66.5. The lowest BCUT2D eigenvalue weighted by molar-refractivity contribution is 1.18. The summed E-state index contributed by atoms with van der Waals surface area (Å²) in [4.78, 5) is 4.94. The van der Waals surface area contributed by atoms with Crippen LogP contribution < -0.4 is 0 Å². The van der Waals surface area contributed by atoms with Gasteiger partial charge in [-0.15, -0.1) is 22.7 Å². The highest BCUT2D eigenvalue weighted by Crippen LogP contribution is 2.45. The second-order valence-electron chi connectivity index (χ2n) is 15.1. The molecule has 13 rings (SSSR count). The Bertz CT molecular complexity index is 3570. The summed E-state index contributed by atoms with van der Waals surface area (Å²) in [5.41, 5.74) is 11.4. The smallest absolute Gasteiger partial charge is 0.0708 e. The highest BCUT2D eigenvalue weighted by Gasteiger charge is 2.20. The maximum atomic E-state index is 4.94. The van der Waals surface area contributed by atoms with Crippen LogP contribution in [0.4, 0.5) is 0 Å². The Hall–Kier alpha value is -7.05. The number of nitrogens with zero attached hydrogens (tertiary/aromatic N) is 3. The Balaban J connectivity index is 0.933. The van der Waals surface area contributed by atoms with Gasteiger partial charge in [0.25, 0.3) is 0 Å². The van der Waals surface area contributed by atoms with Crippen molar-refractivity contribution in [2.75, 3.05) is 0 Å². The molecule has 270 valence electrons. The van der Waals surface area contributed by atoms with Gasteiger partial charge in [-0.1, -0.05) is 109 Å². The molecule has 0 amide bonds. The molecule has 0 aliphatic heterocycles. The molecular formula is C53H31N3S2. The third-order valence-corrected chi connectivity index (χ3v) is 14.4. The summed E-state index contributed by atoms with van der Waals surface area (Å²) in [6.07, 6.45) is 1.95. The van der Waals surface area contributed by atoms with E-state index in [1.165, 1.54) is 84.0 Å². The maximum absolute atomic E-state index is 4.94. The van der Waals surface area contributed by atoms with Crippen LogP contribution in [0.15, 0.2) is 188 Å². The van der Waals surface area contributed by atoms with Gasteiger partial charge in [-0.25, -0.2) is 0 Å². The van der Waals surface area contributed by atoms with Gasteiger partial charge in [0.2, 0.25) is 0 Å². The third kappa shape index (κ3) is 4.57. The van der Waals surface area contributed by atoms with Crippen LogP contribution in [-0.4, -0.2) is 14.1 Å². The van der Waals surface area contributed by atoms with Crippen molar-refractivity contribution < 1.29 is 0 Å². The number of para-hydroxylation sites is 2. The first-order valence-electron chi connectivity index (χ1n) is 19.6. The SMILES string of the molecule is c1cc(-c2ccnc(-c3cccc(-n4c5ccccc5c5c6sc7ccccc7c6ccc54)c3)c2)cc(-n2c3ccccc3c3c4sc5ccccc5c4ccc32)c1. The van der Waals surface area contributed by atoms with Gasteiger partial charge in [0.05, 0.1) is 27.8 Å². The molecule has 5 heteroatoms. The van der Waals surface area contributed by atoms with Crippen molar-refractivity contribution in [2.45, 2.75) is 0 Å². The van der Waals surface area contributed by atoms with Crippen LogP contribution in [0.1, 0.15) is 0 Å². The van der Waals surface area contributed by atoms with Gasteiger partial charge in [-0.2, -0.15) is 0 Å². The molecule has 5 heterocycles. The van der Waals surface area contributed by atoms with E-state index in [1.807, 2.05) is 28.9 Å². The fourth-order valence-corrected chi connectivity index (χ4v) is 11.9. The van der Waals surface area contributed by atoms with Crippen molar-refractivity contribution in [1.29, 1.82) is 0 Å². The lowest BCUT2D eigenvalue weighted by atomic mass is 10.0. The number of thiophene rings is 2. The number of hydrogen-bond donors (Lipinski definition) is 0. The van der Waals surface area contributed by atoms with Gasteiger partial charge >= 0.3 is 0 Å². The highest BCUT2D eigenvalue weighted by molar-refractivity contribution is 7.27. The standard InChI is InChI=1S/C53H31N3S2/c1-5-19-44-41(17-1)50-46(25-23-39-37-15-3-7-21-48(37)57-52(39)50)55(44)35-13-9-11-32(29-35)33-27-28-54-43(31-33)34-12-10-14-36(30-34)56-45-20-6-2-18-42(45)51-47(56)26-24-40-38-16-4-8-22-49(38)58-53(40)51/h1-31H. The topological polar surface area (TPSA) is 22.8 Å². The van der Waals surface area contributed by atoms with Crippen LogP contribution in [0.2, 0.25) is 0 Å². The average molecular weight is 774 g/mol. The van der Waals surface area contributed by atoms with Crippen molar-refractivity contribution in [3.8, 4) is 33.8 Å². The minimum atomic E-state index is 0.946. The van der Waals surface area contributed by atoms with E-state index in [0.29, 0.717) is 0 Å². The van der Waals surface area contributed by atoms with Crippen molar-refractivity contribution in [2.24, 2.45) is 0 Å². The molecule has 0 bridgehead atoms. The summed E-state index contributed by atoms with van der Waals surface area (Å²) in [5.74, 6) is 0. The zero-order valence-corrected chi connectivity index (χ0v) is 32.7. The van der Waals surface area contributed by atoms with Crippen LogP contribution >= 0.6 is 22.7 Å². The molecule has 0 aliphatic carbocycles. The van der Waals surface area contributed by atoms with E-state index in [1.54, 1.807) is 0 Å². The first-order valence-corrected chi connectivity index (χ1v) is 21.2. The van der Waals surface area contributed by atoms with Gasteiger partial charge in [-0.05, 0) is 83.9 Å². The minimum Gasteiger partial charge on any atom is -0.309 e. The maximum Gasteiger partial charge on any atom is 0.0708 e. The molecule has 0 saturated carbocycles. The predicted molar refractivity (Wildman–Crippen MR) is 250 cm³/mol. The Labute approximate surface area is 340 Å². The van der Waals surface area contributed by atoms with Crippen molar-refractivity contribution in [3.63, 3.8) is 0 Å². The van der Waals surface area contributed by atoms with Gasteiger partial charge in [0.15, 0.2) is 0 Å². The number of fused-ring (bicyclic) bond motifs is 14. The number of benzene rings is 8. The normalized spacial score (nSPS) is 12.1. The number of aromatic nitrogens is 3. The highest BCUT2D eigenvalue weighted by atomic mass is 32.1. The van der Waals surface area contributed by atoms with Crippen LogP contribution in [0.3, 0.4) is 0 Å². The lowest BCUT2D eigenvalue weighted by Crippen LogP contribution is -1.95. The summed E-state index contributed by atoms with van der Waals surface area (Å²) in [7, 11) is 0. The fourth-order valence-electron chi connectivity index (χ4n) is 9.42. The zero-order valence-electron chi connectivity index (χ0n) is 31.1. The molecule has 0 unspecified atom stereocenters. The van der Waals surface area contributed by atoms with Crippen LogP contribution in [0.5, 0.6) is 0 Å². The monoisotopic (exact) mass is 773 g/mol. The predicted octanol–water partition coefficient (Wildman–Crippen LogP) is 15.3. The number of hydrogen-bond acceptors (Lipinski definition) is 3. The molecule has 0 atom stereocenters. The van der Waals surface area contributed by atoms with E-state index < -0.39 is 0 Å². The Morgan fingerprint density at radius 2 is 0.828 bits per heavy atom. The largest absolute Gasteiger partial charge is 0.309 e. The average Bonchev–Trinajstić information content (AvgIpc) is 4.04. The molecule has 5 aromatic heterocycles. The Morgan fingerprint density at radius 1 is 0.345 bits per heavy atom. The molecule has 0 spiro atoms. The molecule has 0 N–H and O–H groups in total. The Morgan fingerprint density at radius 3 is 1.41 bits per heavy atom. The quantitative estimate of drug-likeness (QED) is 0.175. The van der Waals surface area contributed by atoms with Crippen LogP contribution in [0.25, 0.3) is 118 Å². The summed E-state index contributed by atoms with van der Waals surface area (Å²) in [5, 5.41) is 10.5. The fraction of sp³-hybridized carbons (Fsp3) is 0. The molecule has 0 aliphatic rings. The van der Waals surface area contributed by atoms with E-state index in [2.05, 4.69) is 191 Å². The Kier molecular flexibility index (Phi) is 6.76. The van der Waals surface area contributed by atoms with E-state index >= 15 is 0 Å². The number of rotatable bonds is 4. The molecule has 8 aromatic carbocycles. The second kappa shape index (κ2) is 12.2. The van der Waals surface area contributed by atoms with E-state index in [4.69, 9.17) is 4.98 Å². The van der Waals surface area contributed by atoms with Crippen LogP contribution in [-0.2, 0) is 0 Å². The summed E-state index contributed by atoms with van der Waals surface area (Å²) >= 11 is 3.79. The molecular weight excluding hydrogens is 743 g/mol. The summed E-state index contributed by atoms with van der Waals surface area (Å²) < 4.78 is 10.2. The first kappa shape index (κ1) is 32.1. The number of pyridine rings is 1. The second-order valence-corrected chi connectivity index (χ2v) is 17.2. The zero-order chi connectivity index (χ0) is 37.9. The first-order chi connectivity index (χ1) is 28.8. The molecule has 3 nitrogen and oxygen atoms in total. The van der Waals surface area contributed by atoms with E-state index in [0.717, 1.165) is 33.8 Å². The van der Waals surface area contributed by atoms with Gasteiger partial charge in [0.1, 0.15) is 0 Å².